The Morgan fingerprint density at radius 1 is 0.586 bits per heavy atom. The molecule has 3 atom stereocenters. The first kappa shape index (κ1) is 56.2. The molecule has 3 N–H and O–H groups in total. The number of esters is 2. The minimum atomic E-state index is -4.81. The smallest absolute Gasteiger partial charge is 0.462 e. The summed E-state index contributed by atoms with van der Waals surface area (Å²) in [6.45, 7) is 5.94. The van der Waals surface area contributed by atoms with Crippen LogP contribution < -0.4 is 0 Å². The van der Waals surface area contributed by atoms with Gasteiger partial charge in [0.15, 0.2) is 6.10 Å². The molecule has 0 aromatic heterocycles. The summed E-state index contributed by atoms with van der Waals surface area (Å²) >= 11 is 0. The molecule has 0 aliphatic carbocycles. The van der Waals surface area contributed by atoms with Crippen molar-refractivity contribution in [2.75, 3.05) is 13.2 Å². The second-order valence-corrected chi connectivity index (χ2v) is 17.8. The fourth-order valence-electron chi connectivity index (χ4n) is 6.83. The van der Waals surface area contributed by atoms with Gasteiger partial charge >= 0.3 is 19.8 Å². The SMILES string of the molecule is CCCCCCCC/C=C/C/C=C/C=C/C(O)CCCC(=O)O[C@H](COC(=O)CCCCCCCCCCCCCCCCCCCCC(C)CC)COP(=O)(O)O. The van der Waals surface area contributed by atoms with Crippen LogP contribution in [0.3, 0.4) is 0 Å². The highest BCUT2D eigenvalue weighted by molar-refractivity contribution is 7.46. The Morgan fingerprint density at radius 2 is 1.10 bits per heavy atom. The quantitative estimate of drug-likeness (QED) is 0.0180. The number of allylic oxidation sites excluding steroid dienone is 5. The lowest BCUT2D eigenvalue weighted by Crippen LogP contribution is -2.29. The molecule has 0 rings (SSSR count). The molecular weight excluding hydrogens is 751 g/mol. The van der Waals surface area contributed by atoms with Gasteiger partial charge in [0, 0.05) is 12.8 Å². The van der Waals surface area contributed by atoms with Crippen LogP contribution in [0, 0.1) is 5.92 Å². The summed E-state index contributed by atoms with van der Waals surface area (Å²) in [5.74, 6) is -0.178. The van der Waals surface area contributed by atoms with Gasteiger partial charge in [-0.25, -0.2) is 4.57 Å². The van der Waals surface area contributed by atoms with Gasteiger partial charge in [0.1, 0.15) is 6.61 Å². The molecular formula is C48H89O9P. The highest BCUT2D eigenvalue weighted by Crippen LogP contribution is 2.36. The van der Waals surface area contributed by atoms with Gasteiger partial charge in [-0.2, -0.15) is 0 Å². The first-order chi connectivity index (χ1) is 28.1. The standard InChI is InChI=1S/C48H89O9P/c1-4-6-7-8-9-10-11-18-22-25-28-31-34-38-45(49)39-36-41-48(51)57-46(43-56-58(52,53)54)42-55-47(50)40-35-32-29-26-23-20-17-15-13-12-14-16-19-21-24-27-30-33-37-44(3)5-2/h18,22,28,31,34,38,44-46,49H,4-17,19-21,23-27,29-30,32-33,35-37,39-43H2,1-3H3,(H2,52,53,54)/b22-18+,31-28+,38-34+/t44?,45?,46-/m1/s1. The maximum Gasteiger partial charge on any atom is 0.469 e. The topological polar surface area (TPSA) is 140 Å². The molecule has 340 valence electrons. The van der Waals surface area contributed by atoms with Gasteiger partial charge in [0.25, 0.3) is 0 Å². The van der Waals surface area contributed by atoms with Crippen LogP contribution in [0.2, 0.25) is 0 Å². The zero-order chi connectivity index (χ0) is 42.8. The zero-order valence-corrected chi connectivity index (χ0v) is 38.4. The second kappa shape index (κ2) is 41.9. The maximum atomic E-state index is 12.4. The van der Waals surface area contributed by atoms with Crippen LogP contribution in [-0.2, 0) is 28.2 Å². The van der Waals surface area contributed by atoms with Crippen LogP contribution in [-0.4, -0.2) is 52.3 Å². The van der Waals surface area contributed by atoms with Gasteiger partial charge in [-0.15, -0.1) is 0 Å². The van der Waals surface area contributed by atoms with Gasteiger partial charge in [0.2, 0.25) is 0 Å². The van der Waals surface area contributed by atoms with Crippen LogP contribution in [0.1, 0.15) is 226 Å². The molecule has 2 unspecified atom stereocenters. The van der Waals surface area contributed by atoms with Crippen molar-refractivity contribution in [1.82, 2.24) is 0 Å². The molecule has 0 aliphatic heterocycles. The van der Waals surface area contributed by atoms with E-state index in [0.29, 0.717) is 19.3 Å². The molecule has 9 nitrogen and oxygen atoms in total. The number of rotatable bonds is 43. The number of carbonyl (C=O) groups excluding carboxylic acids is 2. The van der Waals surface area contributed by atoms with Gasteiger partial charge in [-0.3, -0.25) is 14.1 Å². The van der Waals surface area contributed by atoms with E-state index >= 15 is 0 Å². The summed E-state index contributed by atoms with van der Waals surface area (Å²) < 4.78 is 26.3. The monoisotopic (exact) mass is 841 g/mol. The number of phosphoric acid groups is 1. The molecule has 58 heavy (non-hydrogen) atoms. The number of ether oxygens (including phenoxy) is 2. The van der Waals surface area contributed by atoms with Crippen LogP contribution in [0.15, 0.2) is 36.5 Å². The summed E-state index contributed by atoms with van der Waals surface area (Å²) in [6, 6.07) is 0. The van der Waals surface area contributed by atoms with Crippen LogP contribution in [0.4, 0.5) is 0 Å². The fraction of sp³-hybridized carbons (Fsp3) is 0.833. The third-order valence-electron chi connectivity index (χ3n) is 10.8. The molecule has 0 radical (unpaired) electrons. The third kappa shape index (κ3) is 43.8. The normalized spacial score (nSPS) is 13.8. The van der Waals surface area contributed by atoms with Gasteiger partial charge in [-0.1, -0.05) is 211 Å². The number of unbranched alkanes of at least 4 members (excludes halogenated alkanes) is 23. The average molecular weight is 841 g/mol. The van der Waals surface area contributed by atoms with E-state index in [2.05, 4.69) is 37.4 Å². The molecule has 0 aliphatic rings. The number of aliphatic hydroxyl groups is 1. The van der Waals surface area contributed by atoms with Crippen LogP contribution in [0.25, 0.3) is 0 Å². The van der Waals surface area contributed by atoms with Gasteiger partial charge in [-0.05, 0) is 44.4 Å². The van der Waals surface area contributed by atoms with E-state index in [1.165, 1.54) is 141 Å². The molecule has 0 heterocycles. The summed E-state index contributed by atoms with van der Waals surface area (Å²) in [5.41, 5.74) is 0. The summed E-state index contributed by atoms with van der Waals surface area (Å²) in [6.07, 6.45) is 46.1. The minimum absolute atomic E-state index is 0.0104. The van der Waals surface area contributed by atoms with Crippen molar-refractivity contribution in [3.8, 4) is 0 Å². The number of phosphoric ester groups is 1. The molecule has 0 fully saturated rings. The number of carbonyl (C=O) groups is 2. The van der Waals surface area contributed by atoms with Gasteiger partial charge in [0.05, 0.1) is 12.7 Å². The highest BCUT2D eigenvalue weighted by Gasteiger charge is 2.23. The van der Waals surface area contributed by atoms with Gasteiger partial charge < -0.3 is 24.4 Å². The Hall–Kier alpha value is -1.77. The Bertz CT molecular complexity index is 1070. The Kier molecular flexibility index (Phi) is 40.7. The van der Waals surface area contributed by atoms with Crippen molar-refractivity contribution in [2.24, 2.45) is 5.92 Å². The third-order valence-corrected chi connectivity index (χ3v) is 11.3. The molecule has 0 aromatic carbocycles. The lowest BCUT2D eigenvalue weighted by molar-refractivity contribution is -0.161. The maximum absolute atomic E-state index is 12.4. The van der Waals surface area contributed by atoms with E-state index < -0.39 is 38.6 Å². The van der Waals surface area contributed by atoms with Crippen LogP contribution >= 0.6 is 7.82 Å². The van der Waals surface area contributed by atoms with Crippen molar-refractivity contribution in [3.63, 3.8) is 0 Å². The van der Waals surface area contributed by atoms with Crippen LogP contribution in [0.5, 0.6) is 0 Å². The molecule has 0 aromatic rings. The van der Waals surface area contributed by atoms with E-state index in [9.17, 15) is 19.3 Å². The largest absolute Gasteiger partial charge is 0.469 e. The van der Waals surface area contributed by atoms with E-state index in [4.69, 9.17) is 19.3 Å². The fourth-order valence-corrected chi connectivity index (χ4v) is 7.19. The first-order valence-corrected chi connectivity index (χ1v) is 25.3. The Balaban J connectivity index is 3.97. The number of aliphatic hydroxyl groups excluding tert-OH is 1. The lowest BCUT2D eigenvalue weighted by atomic mass is 9.99. The summed E-state index contributed by atoms with van der Waals surface area (Å²) in [7, 11) is -4.81. The summed E-state index contributed by atoms with van der Waals surface area (Å²) in [4.78, 5) is 43.0. The van der Waals surface area contributed by atoms with E-state index in [1.54, 1.807) is 12.2 Å². The van der Waals surface area contributed by atoms with Crippen molar-refractivity contribution in [2.45, 2.75) is 238 Å². The van der Waals surface area contributed by atoms with E-state index in [0.717, 1.165) is 38.0 Å². The first-order valence-electron chi connectivity index (χ1n) is 23.8. The number of hydrogen-bond donors (Lipinski definition) is 3. The molecule has 0 saturated heterocycles. The molecule has 0 bridgehead atoms. The minimum Gasteiger partial charge on any atom is -0.462 e. The van der Waals surface area contributed by atoms with E-state index in [-0.39, 0.29) is 19.4 Å². The molecule has 0 spiro atoms. The predicted octanol–water partition coefficient (Wildman–Crippen LogP) is 13.7. The van der Waals surface area contributed by atoms with Crippen molar-refractivity contribution < 1.29 is 43.0 Å². The highest BCUT2D eigenvalue weighted by atomic mass is 31.2. The van der Waals surface area contributed by atoms with Crippen molar-refractivity contribution in [1.29, 1.82) is 0 Å². The zero-order valence-electron chi connectivity index (χ0n) is 37.5. The molecule has 0 saturated carbocycles. The lowest BCUT2D eigenvalue weighted by Gasteiger charge is -2.18. The molecule has 0 amide bonds. The average Bonchev–Trinajstić information content (AvgIpc) is 3.19. The van der Waals surface area contributed by atoms with Crippen molar-refractivity contribution >= 4 is 19.8 Å². The Labute approximate surface area is 355 Å². The summed E-state index contributed by atoms with van der Waals surface area (Å²) in [5, 5.41) is 10.2. The Morgan fingerprint density at radius 3 is 1.66 bits per heavy atom. The predicted molar refractivity (Wildman–Crippen MR) is 241 cm³/mol. The van der Waals surface area contributed by atoms with E-state index in [1.807, 2.05) is 12.2 Å². The second-order valence-electron chi connectivity index (χ2n) is 16.5. The molecule has 10 heteroatoms. The number of hydrogen-bond acceptors (Lipinski definition) is 7. The van der Waals surface area contributed by atoms with Crippen molar-refractivity contribution in [3.05, 3.63) is 36.5 Å².